The lowest BCUT2D eigenvalue weighted by Gasteiger charge is -2.30. The molecule has 1 aromatic rings. The maximum absolute atomic E-state index is 12.7. The molecule has 0 saturated carbocycles. The number of nitrogens with zero attached hydrogens (tertiary/aromatic N) is 2. The zero-order chi connectivity index (χ0) is 17.2. The Morgan fingerprint density at radius 1 is 1.30 bits per heavy atom. The van der Waals surface area contributed by atoms with Gasteiger partial charge in [-0.05, 0) is 57.9 Å². The Morgan fingerprint density at radius 2 is 1.91 bits per heavy atom. The molecule has 1 aliphatic heterocycles. The topological polar surface area (TPSA) is 75.9 Å². The Bertz CT molecular complexity index is 583. The molecule has 1 fully saturated rings. The minimum Gasteiger partial charge on any atom is -0.444 e. The maximum Gasteiger partial charge on any atom is 0.410 e. The standard InChI is InChI=1S/C16H22BrN3O3/c1-16(2,3)23-15(22)19-10-4-5-13(19)14(21)20(18)12-8-6-11(17)7-9-12/h6-9,13H,4-5,10,18H2,1-3H3/t13-/m0/s1. The minimum absolute atomic E-state index is 0.310. The van der Waals surface area contributed by atoms with Gasteiger partial charge in [0.1, 0.15) is 11.6 Å². The summed E-state index contributed by atoms with van der Waals surface area (Å²) >= 11 is 3.34. The van der Waals surface area contributed by atoms with Crippen LogP contribution in [0.2, 0.25) is 0 Å². The molecule has 1 saturated heterocycles. The van der Waals surface area contributed by atoms with E-state index in [4.69, 9.17) is 10.6 Å². The molecule has 23 heavy (non-hydrogen) atoms. The number of hydrazine groups is 1. The number of hydrogen-bond donors (Lipinski definition) is 1. The summed E-state index contributed by atoms with van der Waals surface area (Å²) in [4.78, 5) is 26.4. The Kier molecular flexibility index (Phi) is 5.31. The number of benzene rings is 1. The highest BCUT2D eigenvalue weighted by Gasteiger charge is 2.38. The molecule has 1 heterocycles. The van der Waals surface area contributed by atoms with E-state index in [1.807, 2.05) is 12.1 Å². The lowest BCUT2D eigenvalue weighted by Crippen LogP contribution is -2.51. The van der Waals surface area contributed by atoms with E-state index in [0.29, 0.717) is 18.7 Å². The van der Waals surface area contributed by atoms with Crippen molar-refractivity contribution in [1.82, 2.24) is 4.90 Å². The van der Waals surface area contributed by atoms with E-state index in [9.17, 15) is 9.59 Å². The van der Waals surface area contributed by atoms with Crippen molar-refractivity contribution < 1.29 is 14.3 Å². The van der Waals surface area contributed by atoms with Crippen LogP contribution in [0.15, 0.2) is 28.7 Å². The predicted molar refractivity (Wildman–Crippen MR) is 91.8 cm³/mol. The van der Waals surface area contributed by atoms with Gasteiger partial charge in [-0.25, -0.2) is 15.6 Å². The number of likely N-dealkylation sites (tertiary alicyclic amines) is 1. The molecular formula is C16H22BrN3O3. The average molecular weight is 384 g/mol. The van der Waals surface area contributed by atoms with Crippen LogP contribution in [0.25, 0.3) is 0 Å². The largest absolute Gasteiger partial charge is 0.444 e. The van der Waals surface area contributed by atoms with Crippen molar-refractivity contribution in [3.05, 3.63) is 28.7 Å². The molecule has 2 amide bonds. The fourth-order valence-electron chi connectivity index (χ4n) is 2.45. The number of ether oxygens (including phenoxy) is 1. The van der Waals surface area contributed by atoms with Gasteiger partial charge >= 0.3 is 6.09 Å². The molecule has 0 unspecified atom stereocenters. The molecule has 7 heteroatoms. The molecule has 6 nitrogen and oxygen atoms in total. The van der Waals surface area contributed by atoms with Gasteiger partial charge in [0.05, 0.1) is 5.69 Å². The van der Waals surface area contributed by atoms with Gasteiger partial charge in [-0.1, -0.05) is 15.9 Å². The molecule has 0 radical (unpaired) electrons. The molecule has 126 valence electrons. The second-order valence-corrected chi connectivity index (χ2v) is 7.43. The molecule has 2 N–H and O–H groups in total. The number of anilines is 1. The number of rotatable bonds is 2. The van der Waals surface area contributed by atoms with Crippen molar-refractivity contribution in [1.29, 1.82) is 0 Å². The fraction of sp³-hybridized carbons (Fsp3) is 0.500. The summed E-state index contributed by atoms with van der Waals surface area (Å²) in [7, 11) is 0. The number of carbonyl (C=O) groups is 2. The first kappa shape index (κ1) is 17.7. The number of halogens is 1. The molecule has 1 aliphatic rings. The average Bonchev–Trinajstić information content (AvgIpc) is 2.94. The van der Waals surface area contributed by atoms with Crippen molar-refractivity contribution in [3.63, 3.8) is 0 Å². The van der Waals surface area contributed by atoms with E-state index >= 15 is 0 Å². The molecule has 0 aromatic heterocycles. The summed E-state index contributed by atoms with van der Waals surface area (Å²) in [5, 5.41) is 1.10. The van der Waals surface area contributed by atoms with Crippen LogP contribution in [0, 0.1) is 0 Å². The lowest BCUT2D eigenvalue weighted by atomic mass is 10.2. The Morgan fingerprint density at radius 3 is 2.48 bits per heavy atom. The smallest absolute Gasteiger partial charge is 0.410 e. The van der Waals surface area contributed by atoms with Crippen LogP contribution in [0.5, 0.6) is 0 Å². The third-order valence-corrected chi connectivity index (χ3v) is 4.04. The van der Waals surface area contributed by atoms with Gasteiger partial charge < -0.3 is 4.74 Å². The third-order valence-electron chi connectivity index (χ3n) is 3.51. The molecule has 0 spiro atoms. The molecule has 0 aliphatic carbocycles. The lowest BCUT2D eigenvalue weighted by molar-refractivity contribution is -0.123. The first-order valence-electron chi connectivity index (χ1n) is 7.53. The summed E-state index contributed by atoms with van der Waals surface area (Å²) in [6.45, 7) is 5.90. The van der Waals surface area contributed by atoms with Gasteiger partial charge in [0.25, 0.3) is 5.91 Å². The number of hydrogen-bond acceptors (Lipinski definition) is 4. The SMILES string of the molecule is CC(C)(C)OC(=O)N1CCC[C@H]1C(=O)N(N)c1ccc(Br)cc1. The van der Waals surface area contributed by atoms with Crippen LogP contribution < -0.4 is 10.9 Å². The molecule has 1 atom stereocenters. The Hall–Kier alpha value is -1.60. The van der Waals surface area contributed by atoms with E-state index in [2.05, 4.69) is 15.9 Å². The summed E-state index contributed by atoms with van der Waals surface area (Å²) in [5.41, 5.74) is -0.0179. The highest BCUT2D eigenvalue weighted by atomic mass is 79.9. The zero-order valence-corrected chi connectivity index (χ0v) is 15.2. The van der Waals surface area contributed by atoms with Crippen molar-refractivity contribution in [2.75, 3.05) is 11.6 Å². The van der Waals surface area contributed by atoms with Crippen LogP contribution in [0.1, 0.15) is 33.6 Å². The molecular weight excluding hydrogens is 362 g/mol. The summed E-state index contributed by atoms with van der Waals surface area (Å²) in [5.74, 6) is 5.64. The van der Waals surface area contributed by atoms with Gasteiger partial charge in [0.2, 0.25) is 0 Å². The summed E-state index contributed by atoms with van der Waals surface area (Å²) in [6.07, 6.45) is 0.865. The van der Waals surface area contributed by atoms with Crippen LogP contribution in [-0.2, 0) is 9.53 Å². The monoisotopic (exact) mass is 383 g/mol. The van der Waals surface area contributed by atoms with E-state index in [-0.39, 0.29) is 5.91 Å². The molecule has 0 bridgehead atoms. The van der Waals surface area contributed by atoms with Gasteiger partial charge in [-0.2, -0.15) is 0 Å². The maximum atomic E-state index is 12.7. The van der Waals surface area contributed by atoms with Gasteiger partial charge in [-0.15, -0.1) is 0 Å². The van der Waals surface area contributed by atoms with Crippen LogP contribution in [0.3, 0.4) is 0 Å². The van der Waals surface area contributed by atoms with Gasteiger partial charge in [-0.3, -0.25) is 9.69 Å². The highest BCUT2D eigenvalue weighted by Crippen LogP contribution is 2.24. The summed E-state index contributed by atoms with van der Waals surface area (Å²) in [6, 6.07) is 6.52. The second kappa shape index (κ2) is 6.88. The Labute approximate surface area is 144 Å². The van der Waals surface area contributed by atoms with Crippen molar-refractivity contribution in [3.8, 4) is 0 Å². The van der Waals surface area contributed by atoms with E-state index < -0.39 is 17.7 Å². The second-order valence-electron chi connectivity index (χ2n) is 6.52. The van der Waals surface area contributed by atoms with Crippen LogP contribution >= 0.6 is 15.9 Å². The third kappa shape index (κ3) is 4.45. The first-order chi connectivity index (χ1) is 10.7. The van der Waals surface area contributed by atoms with Crippen molar-refractivity contribution in [2.24, 2.45) is 5.84 Å². The number of amides is 2. The fourth-order valence-corrected chi connectivity index (χ4v) is 2.72. The predicted octanol–water partition coefficient (Wildman–Crippen LogP) is 3.06. The number of carbonyl (C=O) groups excluding carboxylic acids is 2. The van der Waals surface area contributed by atoms with E-state index in [1.54, 1.807) is 32.9 Å². The molecule has 2 rings (SSSR count). The zero-order valence-electron chi connectivity index (χ0n) is 13.6. The van der Waals surface area contributed by atoms with Crippen LogP contribution in [-0.4, -0.2) is 35.1 Å². The van der Waals surface area contributed by atoms with Gasteiger partial charge in [0, 0.05) is 11.0 Å². The molecule has 1 aromatic carbocycles. The summed E-state index contributed by atoms with van der Waals surface area (Å²) < 4.78 is 6.27. The van der Waals surface area contributed by atoms with E-state index in [0.717, 1.165) is 15.9 Å². The van der Waals surface area contributed by atoms with Crippen molar-refractivity contribution in [2.45, 2.75) is 45.3 Å². The minimum atomic E-state index is -0.596. The number of nitrogens with two attached hydrogens (primary N) is 1. The van der Waals surface area contributed by atoms with E-state index in [1.165, 1.54) is 4.90 Å². The first-order valence-corrected chi connectivity index (χ1v) is 8.32. The van der Waals surface area contributed by atoms with Gasteiger partial charge in [0.15, 0.2) is 0 Å². The highest BCUT2D eigenvalue weighted by molar-refractivity contribution is 9.10. The van der Waals surface area contributed by atoms with Crippen molar-refractivity contribution >= 4 is 33.6 Å². The van der Waals surface area contributed by atoms with Crippen LogP contribution in [0.4, 0.5) is 10.5 Å². The quantitative estimate of drug-likeness (QED) is 0.483. The normalized spacial score (nSPS) is 18.0. The Balaban J connectivity index is 2.11.